The van der Waals surface area contributed by atoms with Gasteiger partial charge in [0.1, 0.15) is 6.04 Å². The van der Waals surface area contributed by atoms with Crippen LogP contribution in [0.15, 0.2) is 65.6 Å². The molecule has 1 atom stereocenters. The van der Waals surface area contributed by atoms with Crippen molar-refractivity contribution in [3.05, 3.63) is 71.2 Å². The van der Waals surface area contributed by atoms with E-state index in [1.807, 2.05) is 37.3 Å². The van der Waals surface area contributed by atoms with Gasteiger partial charge in [0, 0.05) is 36.5 Å². The van der Waals surface area contributed by atoms with E-state index in [-0.39, 0.29) is 31.3 Å². The number of hydrogen-bond donors (Lipinski definition) is 1. The minimum atomic E-state index is -3.68. The highest BCUT2D eigenvalue weighted by atomic mass is 35.5. The summed E-state index contributed by atoms with van der Waals surface area (Å²) in [5, 5.41) is 5.09. The number of nitrogens with zero attached hydrogens (tertiary/aromatic N) is 2. The van der Waals surface area contributed by atoms with E-state index in [1.165, 1.54) is 4.31 Å². The highest BCUT2D eigenvalue weighted by molar-refractivity contribution is 7.93. The Balaban J connectivity index is 1.47. The Morgan fingerprint density at radius 2 is 1.73 bits per heavy atom. The fourth-order valence-electron chi connectivity index (χ4n) is 4.62. The summed E-state index contributed by atoms with van der Waals surface area (Å²) in [5.74, 6) is -0.416. The Hall–Kier alpha value is -3.10. The molecule has 7 nitrogen and oxygen atoms in total. The van der Waals surface area contributed by atoms with Crippen molar-refractivity contribution in [2.45, 2.75) is 57.0 Å². The third-order valence-corrected chi connectivity index (χ3v) is 8.80. The molecule has 1 aliphatic heterocycles. The number of carbonyl (C=O) groups is 2. The summed E-state index contributed by atoms with van der Waals surface area (Å²) in [4.78, 5) is 28.0. The molecule has 9 heteroatoms. The largest absolute Gasteiger partial charge is 0.354 e. The van der Waals surface area contributed by atoms with Gasteiger partial charge in [-0.1, -0.05) is 61.3 Å². The van der Waals surface area contributed by atoms with Gasteiger partial charge in [-0.15, -0.1) is 0 Å². The molecule has 1 N–H and O–H groups in total. The molecule has 4 rings (SSSR count). The summed E-state index contributed by atoms with van der Waals surface area (Å²) in [7, 11) is -3.68. The minimum Gasteiger partial charge on any atom is -0.354 e. The number of nitrogens with one attached hydrogen (secondary N) is 1. The van der Waals surface area contributed by atoms with E-state index >= 15 is 0 Å². The maximum atomic E-state index is 13.4. The van der Waals surface area contributed by atoms with Gasteiger partial charge in [0.05, 0.1) is 10.6 Å². The number of rotatable bonds is 11. The van der Waals surface area contributed by atoms with Crippen LogP contribution in [-0.2, 0) is 26.2 Å². The highest BCUT2D eigenvalue weighted by Gasteiger charge is 2.35. The Labute approximate surface area is 223 Å². The lowest BCUT2D eigenvalue weighted by Gasteiger charge is -2.29. The number of anilines is 1. The van der Waals surface area contributed by atoms with Crippen LogP contribution in [0.1, 0.15) is 45.1 Å². The lowest BCUT2D eigenvalue weighted by atomic mass is 10.1. The number of unbranched alkanes of at least 4 members (excludes halogenated alkanes) is 1. The first kappa shape index (κ1) is 26.9. The maximum Gasteiger partial charge on any atom is 0.265 e. The third kappa shape index (κ3) is 5.75. The van der Waals surface area contributed by atoms with Crippen molar-refractivity contribution in [2.75, 3.05) is 17.4 Å². The van der Waals surface area contributed by atoms with Crippen molar-refractivity contribution in [3.8, 4) is 0 Å². The molecule has 0 aromatic heterocycles. The molecule has 1 aliphatic rings. The van der Waals surface area contributed by atoms with Gasteiger partial charge < -0.3 is 10.2 Å². The third-order valence-electron chi connectivity index (χ3n) is 6.70. The number of benzene rings is 3. The molecule has 0 bridgehead atoms. The van der Waals surface area contributed by atoms with Gasteiger partial charge in [-0.3, -0.25) is 13.9 Å². The maximum absolute atomic E-state index is 13.4. The summed E-state index contributed by atoms with van der Waals surface area (Å²) < 4.78 is 27.9. The van der Waals surface area contributed by atoms with E-state index in [0.29, 0.717) is 28.6 Å². The lowest BCUT2D eigenvalue weighted by Crippen LogP contribution is -2.47. The Morgan fingerprint density at radius 1 is 1.03 bits per heavy atom. The number of carbonyl (C=O) groups excluding carboxylic acids is 2. The second-order valence-corrected chi connectivity index (χ2v) is 11.5. The van der Waals surface area contributed by atoms with E-state index in [1.54, 1.807) is 42.2 Å². The molecule has 0 spiro atoms. The summed E-state index contributed by atoms with van der Waals surface area (Å²) in [6.45, 7) is 4.75. The second-order valence-electron chi connectivity index (χ2n) is 9.28. The van der Waals surface area contributed by atoms with Crippen LogP contribution < -0.4 is 9.62 Å². The van der Waals surface area contributed by atoms with Crippen LogP contribution in [0.4, 0.5) is 5.69 Å². The normalized spacial score (nSPS) is 14.5. The van der Waals surface area contributed by atoms with Crippen molar-refractivity contribution in [1.29, 1.82) is 0 Å². The van der Waals surface area contributed by atoms with Crippen LogP contribution >= 0.6 is 11.6 Å². The Kier molecular flexibility index (Phi) is 8.39. The molecule has 0 unspecified atom stereocenters. The predicted octanol–water partition coefficient (Wildman–Crippen LogP) is 5.12. The number of amides is 2. The Morgan fingerprint density at radius 3 is 2.43 bits per heavy atom. The van der Waals surface area contributed by atoms with Gasteiger partial charge in [0.25, 0.3) is 10.0 Å². The molecular formula is C28H32ClN3O4S. The average molecular weight is 542 g/mol. The summed E-state index contributed by atoms with van der Waals surface area (Å²) >= 11 is 6.01. The smallest absolute Gasteiger partial charge is 0.265 e. The predicted molar refractivity (Wildman–Crippen MR) is 147 cm³/mol. The number of halogens is 1. The molecule has 0 fully saturated rings. The van der Waals surface area contributed by atoms with Crippen molar-refractivity contribution in [2.24, 2.45) is 0 Å². The summed E-state index contributed by atoms with van der Waals surface area (Å²) in [6, 6.07) is 17.3. The van der Waals surface area contributed by atoms with E-state index in [4.69, 9.17) is 11.6 Å². The first-order valence-corrected chi connectivity index (χ1v) is 14.4. The zero-order valence-corrected chi connectivity index (χ0v) is 22.7. The van der Waals surface area contributed by atoms with Crippen molar-refractivity contribution < 1.29 is 18.0 Å². The molecule has 0 saturated carbocycles. The van der Waals surface area contributed by atoms with E-state index in [0.717, 1.165) is 29.2 Å². The molecule has 196 valence electrons. The zero-order valence-electron chi connectivity index (χ0n) is 21.1. The van der Waals surface area contributed by atoms with Gasteiger partial charge >= 0.3 is 0 Å². The van der Waals surface area contributed by atoms with Gasteiger partial charge in [-0.2, -0.15) is 0 Å². The first-order chi connectivity index (χ1) is 17.7. The highest BCUT2D eigenvalue weighted by Crippen LogP contribution is 2.42. The van der Waals surface area contributed by atoms with Crippen LogP contribution in [-0.4, -0.2) is 44.3 Å². The van der Waals surface area contributed by atoms with Crippen LogP contribution in [0.5, 0.6) is 0 Å². The number of hydrogen-bond acceptors (Lipinski definition) is 4. The van der Waals surface area contributed by atoms with Crippen molar-refractivity contribution >= 4 is 49.9 Å². The van der Waals surface area contributed by atoms with Crippen LogP contribution in [0.2, 0.25) is 5.02 Å². The van der Waals surface area contributed by atoms with Crippen LogP contribution in [0.25, 0.3) is 10.8 Å². The van der Waals surface area contributed by atoms with Gasteiger partial charge in [0.2, 0.25) is 11.8 Å². The molecule has 3 aromatic carbocycles. The molecule has 0 saturated heterocycles. The van der Waals surface area contributed by atoms with E-state index < -0.39 is 16.1 Å². The van der Waals surface area contributed by atoms with Gasteiger partial charge in [-0.05, 0) is 55.0 Å². The molecular weight excluding hydrogens is 510 g/mol. The number of sulfonamides is 1. The average Bonchev–Trinajstić information content (AvgIpc) is 3.11. The fraction of sp³-hybridized carbons (Fsp3) is 0.357. The SMILES string of the molecule is CCCCNC(=O)[C@H](C)N(Cc1ccc(Cl)cc1)C(=O)CCCN1c2cccc3cccc(c23)S1(=O)=O. The minimum absolute atomic E-state index is 0.110. The standard InChI is InChI=1S/C28H32ClN3O4S/c1-3-4-17-30-28(34)20(2)31(19-21-13-15-23(29)16-14-21)26(33)12-7-18-32-24-10-5-8-22-9-6-11-25(27(22)24)37(32,35)36/h5-6,8-11,13-16,20H,3-4,7,12,17-19H2,1-2H3,(H,30,34)/t20-/m0/s1. The van der Waals surface area contributed by atoms with E-state index in [2.05, 4.69) is 5.32 Å². The van der Waals surface area contributed by atoms with Gasteiger partial charge in [-0.25, -0.2) is 8.42 Å². The van der Waals surface area contributed by atoms with E-state index in [9.17, 15) is 18.0 Å². The first-order valence-electron chi connectivity index (χ1n) is 12.6. The molecule has 2 amide bonds. The second kappa shape index (κ2) is 11.5. The van der Waals surface area contributed by atoms with Crippen LogP contribution in [0, 0.1) is 0 Å². The molecule has 0 aliphatic carbocycles. The Bertz CT molecular complexity index is 1390. The molecule has 1 heterocycles. The topological polar surface area (TPSA) is 86.8 Å². The lowest BCUT2D eigenvalue weighted by molar-refractivity contribution is -0.140. The van der Waals surface area contributed by atoms with Crippen molar-refractivity contribution in [3.63, 3.8) is 0 Å². The zero-order chi connectivity index (χ0) is 26.6. The quantitative estimate of drug-likeness (QED) is 0.341. The van der Waals surface area contributed by atoms with Crippen molar-refractivity contribution in [1.82, 2.24) is 10.2 Å². The van der Waals surface area contributed by atoms with Gasteiger partial charge in [0.15, 0.2) is 0 Å². The summed E-state index contributed by atoms with van der Waals surface area (Å²) in [6.07, 6.45) is 2.25. The molecule has 3 aromatic rings. The molecule has 0 radical (unpaired) electrons. The van der Waals surface area contributed by atoms with Crippen LogP contribution in [0.3, 0.4) is 0 Å². The monoisotopic (exact) mass is 541 g/mol. The fourth-order valence-corrected chi connectivity index (χ4v) is 6.50. The summed E-state index contributed by atoms with van der Waals surface area (Å²) in [5.41, 5.74) is 1.50. The molecule has 37 heavy (non-hydrogen) atoms.